The summed E-state index contributed by atoms with van der Waals surface area (Å²) in [6.07, 6.45) is 0.678. The Morgan fingerprint density at radius 3 is 2.23 bits per heavy atom. The molecule has 1 aromatic rings. The lowest BCUT2D eigenvalue weighted by atomic mass is 10.1. The molecule has 10 heteroatoms. The van der Waals surface area contributed by atoms with Crippen LogP contribution in [0.4, 0.5) is 17.1 Å². The zero-order valence-electron chi connectivity index (χ0n) is 11.8. The van der Waals surface area contributed by atoms with E-state index in [9.17, 15) is 25.0 Å². The van der Waals surface area contributed by atoms with Crippen molar-refractivity contribution in [2.45, 2.75) is 13.3 Å². The van der Waals surface area contributed by atoms with E-state index in [4.69, 9.17) is 17.3 Å². The summed E-state index contributed by atoms with van der Waals surface area (Å²) < 4.78 is 0. The van der Waals surface area contributed by atoms with Crippen LogP contribution in [-0.2, 0) is 0 Å². The van der Waals surface area contributed by atoms with Crippen LogP contribution >= 0.6 is 11.6 Å². The van der Waals surface area contributed by atoms with Crippen molar-refractivity contribution in [1.82, 2.24) is 0 Å². The largest absolute Gasteiger partial charge is 0.365 e. The first-order chi connectivity index (χ1) is 10.3. The highest BCUT2D eigenvalue weighted by Gasteiger charge is 2.29. The number of hydrogen-bond acceptors (Lipinski definition) is 6. The van der Waals surface area contributed by atoms with E-state index in [1.165, 1.54) is 0 Å². The van der Waals surface area contributed by atoms with Gasteiger partial charge in [-0.25, -0.2) is 0 Å². The van der Waals surface area contributed by atoms with Gasteiger partial charge in [-0.15, -0.1) is 11.6 Å². The number of nitrogens with two attached hydrogens (primary N) is 1. The van der Waals surface area contributed by atoms with Gasteiger partial charge in [0, 0.05) is 19.0 Å². The normalized spacial score (nSPS) is 10.3. The van der Waals surface area contributed by atoms with Gasteiger partial charge < -0.3 is 10.6 Å². The number of halogens is 1. The average molecular weight is 331 g/mol. The van der Waals surface area contributed by atoms with E-state index >= 15 is 0 Å². The van der Waals surface area contributed by atoms with Gasteiger partial charge in [-0.05, 0) is 12.5 Å². The molecule has 0 heterocycles. The number of nitrogens with zero attached hydrogens (tertiary/aromatic N) is 3. The summed E-state index contributed by atoms with van der Waals surface area (Å²) in [5.41, 5.74) is 3.70. The van der Waals surface area contributed by atoms with Gasteiger partial charge in [0.2, 0.25) is 0 Å². The van der Waals surface area contributed by atoms with Crippen molar-refractivity contribution in [2.75, 3.05) is 23.9 Å². The van der Waals surface area contributed by atoms with Gasteiger partial charge in [0.15, 0.2) is 0 Å². The van der Waals surface area contributed by atoms with Crippen LogP contribution in [0.5, 0.6) is 0 Å². The first-order valence-corrected chi connectivity index (χ1v) is 6.94. The van der Waals surface area contributed by atoms with Gasteiger partial charge in [0.1, 0.15) is 11.3 Å². The topological polar surface area (TPSA) is 133 Å². The molecule has 1 aromatic carbocycles. The van der Waals surface area contributed by atoms with Gasteiger partial charge in [0.05, 0.1) is 15.9 Å². The average Bonchev–Trinajstić information content (AvgIpc) is 2.45. The lowest BCUT2D eigenvalue weighted by molar-refractivity contribution is -0.393. The van der Waals surface area contributed by atoms with Crippen molar-refractivity contribution in [1.29, 1.82) is 0 Å². The molecule has 120 valence electrons. The molecular weight excluding hydrogens is 316 g/mol. The van der Waals surface area contributed by atoms with Crippen molar-refractivity contribution in [2.24, 2.45) is 5.73 Å². The monoisotopic (exact) mass is 330 g/mol. The number of benzene rings is 1. The molecule has 0 saturated carbocycles. The van der Waals surface area contributed by atoms with Crippen molar-refractivity contribution in [3.63, 3.8) is 0 Å². The highest BCUT2D eigenvalue weighted by Crippen LogP contribution is 2.35. The maximum absolute atomic E-state index is 11.4. The molecule has 0 saturated heterocycles. The minimum atomic E-state index is -1.02. The summed E-state index contributed by atoms with van der Waals surface area (Å²) in [6, 6.07) is 1.84. The Kier molecular flexibility index (Phi) is 6.05. The van der Waals surface area contributed by atoms with Crippen molar-refractivity contribution < 1.29 is 14.6 Å². The van der Waals surface area contributed by atoms with Gasteiger partial charge >= 0.3 is 0 Å². The quantitative estimate of drug-likeness (QED) is 0.440. The SMILES string of the molecule is CCCN(CCCl)c1cc(C(N)=O)c([N+](=O)[O-])cc1[N+](=O)[O-]. The lowest BCUT2D eigenvalue weighted by Gasteiger charge is -2.23. The summed E-state index contributed by atoms with van der Waals surface area (Å²) in [6.45, 7) is 2.61. The lowest BCUT2D eigenvalue weighted by Crippen LogP contribution is -2.27. The molecule has 0 aliphatic carbocycles. The standard InChI is InChI=1S/C12H15ClN4O5/c1-2-4-15(5-3-13)10-6-8(12(14)18)9(16(19)20)7-11(10)17(21)22/h6-7H,2-5H2,1H3,(H2,14,18). The molecule has 0 bridgehead atoms. The summed E-state index contributed by atoms with van der Waals surface area (Å²) in [4.78, 5) is 33.6. The van der Waals surface area contributed by atoms with Crippen LogP contribution in [-0.4, -0.2) is 34.7 Å². The maximum atomic E-state index is 11.4. The molecule has 1 amide bonds. The fourth-order valence-electron chi connectivity index (χ4n) is 2.04. The molecule has 9 nitrogen and oxygen atoms in total. The minimum Gasteiger partial charge on any atom is -0.365 e. The Labute approximate surface area is 130 Å². The summed E-state index contributed by atoms with van der Waals surface area (Å²) in [5, 5.41) is 22.2. The smallest absolute Gasteiger partial charge is 0.299 e. The predicted octanol–water partition coefficient (Wildman–Crippen LogP) is 2.06. The molecule has 22 heavy (non-hydrogen) atoms. The highest BCUT2D eigenvalue weighted by atomic mass is 35.5. The first-order valence-electron chi connectivity index (χ1n) is 6.41. The van der Waals surface area contributed by atoms with E-state index in [0.29, 0.717) is 19.5 Å². The third kappa shape index (κ3) is 3.82. The second-order valence-corrected chi connectivity index (χ2v) is 4.79. The third-order valence-electron chi connectivity index (χ3n) is 2.94. The molecule has 2 N–H and O–H groups in total. The Balaban J connectivity index is 3.59. The van der Waals surface area contributed by atoms with Gasteiger partial charge in [-0.2, -0.15) is 0 Å². The number of primary amides is 1. The van der Waals surface area contributed by atoms with Crippen molar-refractivity contribution in [3.8, 4) is 0 Å². The Morgan fingerprint density at radius 2 is 1.82 bits per heavy atom. The second kappa shape index (κ2) is 7.55. The van der Waals surface area contributed by atoms with Crippen LogP contribution < -0.4 is 10.6 Å². The molecular formula is C12H15ClN4O5. The summed E-state index contributed by atoms with van der Waals surface area (Å²) in [5.74, 6) is -0.815. The second-order valence-electron chi connectivity index (χ2n) is 4.41. The fraction of sp³-hybridized carbons (Fsp3) is 0.417. The van der Waals surface area contributed by atoms with Crippen molar-refractivity contribution in [3.05, 3.63) is 37.9 Å². The number of anilines is 1. The molecule has 0 fully saturated rings. The number of amides is 1. The molecule has 0 spiro atoms. The van der Waals surface area contributed by atoms with Gasteiger partial charge in [-0.3, -0.25) is 25.0 Å². The maximum Gasteiger partial charge on any atom is 0.299 e. The number of hydrogen-bond donors (Lipinski definition) is 1. The van der Waals surface area contributed by atoms with Gasteiger partial charge in [0.25, 0.3) is 17.3 Å². The van der Waals surface area contributed by atoms with Crippen LogP contribution in [0.2, 0.25) is 0 Å². The van der Waals surface area contributed by atoms with Crippen LogP contribution in [0.1, 0.15) is 23.7 Å². The molecule has 0 aromatic heterocycles. The molecule has 0 atom stereocenters. The van der Waals surface area contributed by atoms with Crippen molar-refractivity contribution >= 4 is 34.6 Å². The van der Waals surface area contributed by atoms with E-state index in [-0.39, 0.29) is 17.1 Å². The zero-order chi connectivity index (χ0) is 16.9. The molecule has 0 radical (unpaired) electrons. The number of nitro groups is 2. The van der Waals surface area contributed by atoms with Gasteiger partial charge in [-0.1, -0.05) is 6.92 Å². The Hall–Kier alpha value is -2.42. The van der Waals surface area contributed by atoms with E-state index in [1.807, 2.05) is 6.92 Å². The number of carbonyl (C=O) groups excluding carboxylic acids is 1. The van der Waals surface area contributed by atoms with Crippen LogP contribution in [0.3, 0.4) is 0 Å². The predicted molar refractivity (Wildman–Crippen MR) is 81.5 cm³/mol. The molecule has 0 aliphatic rings. The first kappa shape index (κ1) is 17.6. The number of nitro benzene ring substituents is 2. The summed E-state index contributed by atoms with van der Waals surface area (Å²) in [7, 11) is 0. The minimum absolute atomic E-state index is 0.0897. The van der Waals surface area contributed by atoms with Crippen LogP contribution in [0, 0.1) is 20.2 Å². The van der Waals surface area contributed by atoms with E-state index in [2.05, 4.69) is 0 Å². The molecule has 0 unspecified atom stereocenters. The highest BCUT2D eigenvalue weighted by molar-refractivity contribution is 6.18. The number of rotatable bonds is 8. The van der Waals surface area contributed by atoms with E-state index in [0.717, 1.165) is 12.1 Å². The number of carbonyl (C=O) groups is 1. The van der Waals surface area contributed by atoms with E-state index < -0.39 is 27.1 Å². The fourth-order valence-corrected chi connectivity index (χ4v) is 2.24. The summed E-state index contributed by atoms with van der Waals surface area (Å²) >= 11 is 5.69. The van der Waals surface area contributed by atoms with Crippen LogP contribution in [0.25, 0.3) is 0 Å². The third-order valence-corrected chi connectivity index (χ3v) is 3.11. The number of alkyl halides is 1. The van der Waals surface area contributed by atoms with E-state index in [1.54, 1.807) is 4.90 Å². The Bertz CT molecular complexity index is 601. The Morgan fingerprint density at radius 1 is 1.23 bits per heavy atom. The van der Waals surface area contributed by atoms with Crippen LogP contribution in [0.15, 0.2) is 12.1 Å². The molecule has 0 aliphatic heterocycles. The molecule has 1 rings (SSSR count). The zero-order valence-corrected chi connectivity index (χ0v) is 12.6.